The molecule has 2 N–H and O–H groups in total. The average molecular weight is 289 g/mol. The summed E-state index contributed by atoms with van der Waals surface area (Å²) in [5, 5.41) is 12.1. The van der Waals surface area contributed by atoms with Gasteiger partial charge in [0.1, 0.15) is 6.04 Å². The van der Waals surface area contributed by atoms with Crippen LogP contribution in [-0.2, 0) is 16.0 Å². The maximum atomic E-state index is 12.5. The highest BCUT2D eigenvalue weighted by Crippen LogP contribution is 2.41. The molecule has 0 radical (unpaired) electrons. The Labute approximate surface area is 125 Å². The van der Waals surface area contributed by atoms with Crippen molar-refractivity contribution in [3.05, 3.63) is 35.9 Å². The summed E-state index contributed by atoms with van der Waals surface area (Å²) in [7, 11) is 0. The molecule has 0 heterocycles. The molecule has 21 heavy (non-hydrogen) atoms. The zero-order valence-corrected chi connectivity index (χ0v) is 12.5. The quantitative estimate of drug-likeness (QED) is 0.846. The molecule has 0 unspecified atom stereocenters. The van der Waals surface area contributed by atoms with Crippen molar-refractivity contribution in [2.45, 2.75) is 51.5 Å². The number of aliphatic carboxylic acids is 1. The Balaban J connectivity index is 2.06. The van der Waals surface area contributed by atoms with E-state index in [1.807, 2.05) is 37.3 Å². The van der Waals surface area contributed by atoms with Gasteiger partial charge in [-0.25, -0.2) is 4.79 Å². The third-order valence-electron chi connectivity index (χ3n) is 4.61. The van der Waals surface area contributed by atoms with E-state index in [0.717, 1.165) is 37.7 Å². The fourth-order valence-corrected chi connectivity index (χ4v) is 3.15. The van der Waals surface area contributed by atoms with Gasteiger partial charge in [-0.1, -0.05) is 50.1 Å². The number of hydrogen-bond donors (Lipinski definition) is 2. The van der Waals surface area contributed by atoms with E-state index in [4.69, 9.17) is 0 Å². The molecule has 0 bridgehead atoms. The van der Waals surface area contributed by atoms with Gasteiger partial charge in [-0.3, -0.25) is 4.79 Å². The first kappa shape index (κ1) is 15.5. The highest BCUT2D eigenvalue weighted by atomic mass is 16.4. The number of carbonyl (C=O) groups excluding carboxylic acids is 1. The molecule has 1 aromatic carbocycles. The lowest BCUT2D eigenvalue weighted by atomic mass is 9.82. The zero-order chi connectivity index (χ0) is 15.3. The molecule has 114 valence electrons. The normalized spacial score (nSPS) is 18.1. The molecule has 1 amide bonds. The van der Waals surface area contributed by atoms with Crippen LogP contribution in [0.1, 0.15) is 44.6 Å². The molecule has 0 aliphatic heterocycles. The molecule has 0 aromatic heterocycles. The maximum absolute atomic E-state index is 12.5. The summed E-state index contributed by atoms with van der Waals surface area (Å²) in [6, 6.07) is 8.55. The molecule has 0 spiro atoms. The van der Waals surface area contributed by atoms with Gasteiger partial charge in [-0.05, 0) is 24.8 Å². The molecule has 1 saturated carbocycles. The number of carbonyl (C=O) groups is 2. The summed E-state index contributed by atoms with van der Waals surface area (Å²) in [5.74, 6) is -1.07. The van der Waals surface area contributed by atoms with Gasteiger partial charge < -0.3 is 10.4 Å². The molecule has 1 atom stereocenters. The summed E-state index contributed by atoms with van der Waals surface area (Å²) in [6.45, 7) is 2.01. The Morgan fingerprint density at radius 1 is 1.24 bits per heavy atom. The first-order valence-corrected chi connectivity index (χ1v) is 7.65. The lowest BCUT2D eigenvalue weighted by molar-refractivity contribution is -0.144. The van der Waals surface area contributed by atoms with E-state index in [1.165, 1.54) is 0 Å². The standard InChI is InChI=1S/C17H23NO3/c1-2-17(10-6-7-11-17)16(21)18-14(15(19)20)12-13-8-4-3-5-9-13/h3-5,8-9,14H,2,6-7,10-12H2,1H3,(H,18,21)(H,19,20)/t14-/m0/s1. The Hall–Kier alpha value is -1.84. The van der Waals surface area contributed by atoms with Crippen LogP contribution in [-0.4, -0.2) is 23.0 Å². The molecule has 4 nitrogen and oxygen atoms in total. The van der Waals surface area contributed by atoms with Crippen molar-refractivity contribution in [2.24, 2.45) is 5.41 Å². The molecule has 2 rings (SSSR count). The Morgan fingerprint density at radius 2 is 1.86 bits per heavy atom. The number of amides is 1. The van der Waals surface area contributed by atoms with Crippen molar-refractivity contribution >= 4 is 11.9 Å². The minimum Gasteiger partial charge on any atom is -0.480 e. The van der Waals surface area contributed by atoms with E-state index >= 15 is 0 Å². The van der Waals surface area contributed by atoms with Crippen molar-refractivity contribution in [3.63, 3.8) is 0 Å². The number of rotatable bonds is 6. The van der Waals surface area contributed by atoms with Gasteiger partial charge in [0.05, 0.1) is 0 Å². The smallest absolute Gasteiger partial charge is 0.326 e. The number of nitrogens with one attached hydrogen (secondary N) is 1. The average Bonchev–Trinajstić information content (AvgIpc) is 2.97. The third-order valence-corrected chi connectivity index (χ3v) is 4.61. The van der Waals surface area contributed by atoms with Crippen LogP contribution in [0, 0.1) is 5.41 Å². The van der Waals surface area contributed by atoms with Crippen molar-refractivity contribution in [1.29, 1.82) is 0 Å². The number of carboxylic acids is 1. The minimum absolute atomic E-state index is 0.0918. The Bertz CT molecular complexity index is 492. The second kappa shape index (κ2) is 6.74. The Kier molecular flexibility index (Phi) is 4.99. The lowest BCUT2D eigenvalue weighted by Crippen LogP contribution is -2.48. The monoisotopic (exact) mass is 289 g/mol. The van der Waals surface area contributed by atoms with Crippen LogP contribution < -0.4 is 5.32 Å². The first-order chi connectivity index (χ1) is 10.1. The second-order valence-electron chi connectivity index (χ2n) is 5.89. The van der Waals surface area contributed by atoms with E-state index in [2.05, 4.69) is 5.32 Å². The van der Waals surface area contributed by atoms with Crippen LogP contribution in [0.15, 0.2) is 30.3 Å². The topological polar surface area (TPSA) is 66.4 Å². The van der Waals surface area contributed by atoms with Crippen LogP contribution in [0.25, 0.3) is 0 Å². The maximum Gasteiger partial charge on any atom is 0.326 e. The highest BCUT2D eigenvalue weighted by molar-refractivity contribution is 5.87. The van der Waals surface area contributed by atoms with Crippen molar-refractivity contribution in [2.75, 3.05) is 0 Å². The summed E-state index contributed by atoms with van der Waals surface area (Å²) >= 11 is 0. The van der Waals surface area contributed by atoms with Crippen LogP contribution in [0.3, 0.4) is 0 Å². The van der Waals surface area contributed by atoms with E-state index in [9.17, 15) is 14.7 Å². The van der Waals surface area contributed by atoms with Gasteiger partial charge in [0.2, 0.25) is 5.91 Å². The molecule has 1 fully saturated rings. The molecule has 1 aromatic rings. The summed E-state index contributed by atoms with van der Waals surface area (Å²) in [6.07, 6.45) is 4.94. The van der Waals surface area contributed by atoms with Gasteiger partial charge in [0, 0.05) is 11.8 Å². The largest absolute Gasteiger partial charge is 0.480 e. The molecule has 0 saturated heterocycles. The minimum atomic E-state index is -0.976. The lowest BCUT2D eigenvalue weighted by Gasteiger charge is -2.28. The van der Waals surface area contributed by atoms with Crippen molar-refractivity contribution < 1.29 is 14.7 Å². The number of hydrogen-bond acceptors (Lipinski definition) is 2. The van der Waals surface area contributed by atoms with Crippen molar-refractivity contribution in [3.8, 4) is 0 Å². The van der Waals surface area contributed by atoms with E-state index in [-0.39, 0.29) is 11.3 Å². The van der Waals surface area contributed by atoms with Crippen LogP contribution in [0.4, 0.5) is 0 Å². The SMILES string of the molecule is CCC1(C(=O)N[C@@H](Cc2ccccc2)C(=O)O)CCCC1. The predicted molar refractivity (Wildman–Crippen MR) is 80.9 cm³/mol. The number of carboxylic acid groups (broad SMARTS) is 1. The molecule has 1 aliphatic rings. The fourth-order valence-electron chi connectivity index (χ4n) is 3.15. The molecular weight excluding hydrogens is 266 g/mol. The molecular formula is C17H23NO3. The van der Waals surface area contributed by atoms with Gasteiger partial charge in [0.25, 0.3) is 0 Å². The first-order valence-electron chi connectivity index (χ1n) is 7.65. The van der Waals surface area contributed by atoms with E-state index in [1.54, 1.807) is 0 Å². The van der Waals surface area contributed by atoms with E-state index < -0.39 is 12.0 Å². The zero-order valence-electron chi connectivity index (χ0n) is 12.5. The van der Waals surface area contributed by atoms with Crippen LogP contribution >= 0.6 is 0 Å². The Morgan fingerprint density at radius 3 is 2.38 bits per heavy atom. The molecule has 1 aliphatic carbocycles. The summed E-state index contributed by atoms with van der Waals surface area (Å²) in [4.78, 5) is 24.0. The predicted octanol–water partition coefficient (Wildman–Crippen LogP) is 2.77. The molecule has 4 heteroatoms. The van der Waals surface area contributed by atoms with Crippen LogP contribution in [0.2, 0.25) is 0 Å². The van der Waals surface area contributed by atoms with Crippen LogP contribution in [0.5, 0.6) is 0 Å². The summed E-state index contributed by atoms with van der Waals surface area (Å²) < 4.78 is 0. The van der Waals surface area contributed by atoms with Crippen molar-refractivity contribution in [1.82, 2.24) is 5.32 Å². The number of benzene rings is 1. The van der Waals surface area contributed by atoms with E-state index in [0.29, 0.717) is 6.42 Å². The van der Waals surface area contributed by atoms with Gasteiger partial charge in [-0.15, -0.1) is 0 Å². The van der Waals surface area contributed by atoms with Gasteiger partial charge in [-0.2, -0.15) is 0 Å². The van der Waals surface area contributed by atoms with Gasteiger partial charge >= 0.3 is 5.97 Å². The fraction of sp³-hybridized carbons (Fsp3) is 0.529. The summed E-state index contributed by atoms with van der Waals surface area (Å²) in [5.41, 5.74) is 0.562. The highest BCUT2D eigenvalue weighted by Gasteiger charge is 2.40. The van der Waals surface area contributed by atoms with Gasteiger partial charge in [0.15, 0.2) is 0 Å². The second-order valence-corrected chi connectivity index (χ2v) is 5.89. The third kappa shape index (κ3) is 3.63.